The second-order valence-electron chi connectivity index (χ2n) is 6.38. The Labute approximate surface area is 149 Å². The Hall–Kier alpha value is -3.16. The van der Waals surface area contributed by atoms with E-state index in [0.717, 1.165) is 6.42 Å². The lowest BCUT2D eigenvalue weighted by molar-refractivity contribution is -0.141. The van der Waals surface area contributed by atoms with Gasteiger partial charge in [-0.05, 0) is 29.2 Å². The number of nitrogens with one attached hydrogen (secondary N) is 1. The third kappa shape index (κ3) is 3.58. The van der Waals surface area contributed by atoms with E-state index in [4.69, 9.17) is 10.2 Å². The van der Waals surface area contributed by atoms with Gasteiger partial charge in [-0.15, -0.1) is 0 Å². The van der Waals surface area contributed by atoms with E-state index in [1.54, 1.807) is 24.3 Å². The molecule has 2 fully saturated rings. The normalized spacial score (nSPS) is 21.2. The van der Waals surface area contributed by atoms with Crippen molar-refractivity contribution in [2.24, 2.45) is 0 Å². The highest BCUT2D eigenvalue weighted by molar-refractivity contribution is 5.99. The minimum atomic E-state index is -1.06. The Kier molecular flexibility index (Phi) is 4.75. The molecule has 0 unspecified atom stereocenters. The third-order valence-electron chi connectivity index (χ3n) is 4.61. The van der Waals surface area contributed by atoms with E-state index in [2.05, 4.69) is 5.32 Å². The van der Waals surface area contributed by atoms with E-state index in [9.17, 15) is 19.2 Å². The molecule has 8 heteroatoms. The SMILES string of the molecule is O=C(O)Cc1ccc(/C=C/C(=O)N2CC[C@H]3NC(=O)[C@H]32)cc1CC(=O)O. The van der Waals surface area contributed by atoms with Crippen LogP contribution in [-0.4, -0.2) is 57.5 Å². The van der Waals surface area contributed by atoms with Crippen LogP contribution in [0, 0.1) is 0 Å². The van der Waals surface area contributed by atoms with Gasteiger partial charge in [0.05, 0.1) is 18.9 Å². The maximum atomic E-state index is 12.3. The van der Waals surface area contributed by atoms with Crippen molar-refractivity contribution < 1.29 is 29.4 Å². The van der Waals surface area contributed by atoms with Crippen molar-refractivity contribution in [1.29, 1.82) is 0 Å². The largest absolute Gasteiger partial charge is 0.481 e. The van der Waals surface area contributed by atoms with Crippen LogP contribution in [0.4, 0.5) is 0 Å². The molecule has 1 aromatic carbocycles. The van der Waals surface area contributed by atoms with Crippen LogP contribution in [0.25, 0.3) is 6.08 Å². The Morgan fingerprint density at radius 3 is 2.50 bits per heavy atom. The Bertz CT molecular complexity index is 816. The van der Waals surface area contributed by atoms with Gasteiger partial charge < -0.3 is 20.4 Å². The summed E-state index contributed by atoms with van der Waals surface area (Å²) in [4.78, 5) is 47.3. The quantitative estimate of drug-likeness (QED) is 0.488. The zero-order valence-electron chi connectivity index (χ0n) is 13.8. The molecule has 0 aliphatic carbocycles. The minimum absolute atomic E-state index is 0.0392. The number of rotatable bonds is 6. The van der Waals surface area contributed by atoms with Gasteiger partial charge in [0, 0.05) is 12.6 Å². The molecule has 2 atom stereocenters. The first-order valence-electron chi connectivity index (χ1n) is 8.19. The Morgan fingerprint density at radius 1 is 1.15 bits per heavy atom. The number of carbonyl (C=O) groups is 4. The van der Waals surface area contributed by atoms with Crippen molar-refractivity contribution in [2.75, 3.05) is 6.54 Å². The summed E-state index contributed by atoms with van der Waals surface area (Å²) in [7, 11) is 0. The summed E-state index contributed by atoms with van der Waals surface area (Å²) in [5.74, 6) is -2.52. The van der Waals surface area contributed by atoms with Crippen molar-refractivity contribution in [3.05, 3.63) is 41.0 Å². The molecule has 3 rings (SSSR count). The summed E-state index contributed by atoms with van der Waals surface area (Å²) in [6.45, 7) is 0.513. The van der Waals surface area contributed by atoms with Crippen LogP contribution >= 0.6 is 0 Å². The molecule has 0 radical (unpaired) electrons. The van der Waals surface area contributed by atoms with Crippen LogP contribution in [0.2, 0.25) is 0 Å². The smallest absolute Gasteiger partial charge is 0.307 e. The standard InChI is InChI=1S/C18H18N2O6/c21-14(20-6-5-13-17(20)18(26)19-13)4-2-10-1-3-11(8-15(22)23)12(7-10)9-16(24)25/h1-4,7,13,17H,5-6,8-9H2,(H,19,26)(H,22,23)(H,24,25)/b4-2+/t13-,17+/m1/s1. The fourth-order valence-electron chi connectivity index (χ4n) is 3.36. The summed E-state index contributed by atoms with van der Waals surface area (Å²) in [6, 6.07) is 4.40. The van der Waals surface area contributed by atoms with Crippen LogP contribution in [0.3, 0.4) is 0 Å². The average molecular weight is 358 g/mol. The number of hydrogen-bond acceptors (Lipinski definition) is 4. The summed E-state index contributed by atoms with van der Waals surface area (Å²) >= 11 is 0. The van der Waals surface area contributed by atoms with E-state index in [1.807, 2.05) is 0 Å². The van der Waals surface area contributed by atoms with Crippen molar-refractivity contribution in [2.45, 2.75) is 31.3 Å². The van der Waals surface area contributed by atoms with Gasteiger partial charge in [-0.1, -0.05) is 18.2 Å². The number of likely N-dealkylation sites (tertiary alicyclic amines) is 1. The number of carboxylic acid groups (broad SMARTS) is 2. The Morgan fingerprint density at radius 2 is 1.85 bits per heavy atom. The van der Waals surface area contributed by atoms with Gasteiger partial charge in [-0.3, -0.25) is 19.2 Å². The predicted molar refractivity (Wildman–Crippen MR) is 90.2 cm³/mol. The van der Waals surface area contributed by atoms with Crippen molar-refractivity contribution in [3.63, 3.8) is 0 Å². The van der Waals surface area contributed by atoms with E-state index >= 15 is 0 Å². The topological polar surface area (TPSA) is 124 Å². The van der Waals surface area contributed by atoms with Gasteiger partial charge >= 0.3 is 11.9 Å². The summed E-state index contributed by atoms with van der Waals surface area (Å²) < 4.78 is 0. The fourth-order valence-corrected chi connectivity index (χ4v) is 3.36. The second kappa shape index (κ2) is 6.99. The maximum Gasteiger partial charge on any atom is 0.307 e. The number of carbonyl (C=O) groups excluding carboxylic acids is 2. The van der Waals surface area contributed by atoms with Crippen molar-refractivity contribution in [3.8, 4) is 0 Å². The van der Waals surface area contributed by atoms with Gasteiger partial charge in [-0.25, -0.2) is 0 Å². The first-order chi connectivity index (χ1) is 12.3. The van der Waals surface area contributed by atoms with Crippen LogP contribution in [0.1, 0.15) is 23.1 Å². The number of hydrogen-bond donors (Lipinski definition) is 3. The number of fused-ring (bicyclic) bond motifs is 1. The minimum Gasteiger partial charge on any atom is -0.481 e. The molecule has 2 amide bonds. The lowest BCUT2D eigenvalue weighted by atomic mass is 9.98. The van der Waals surface area contributed by atoms with Gasteiger partial charge in [0.15, 0.2) is 0 Å². The number of carboxylic acids is 2. The van der Waals surface area contributed by atoms with Crippen LogP contribution in [0.15, 0.2) is 24.3 Å². The van der Waals surface area contributed by atoms with Crippen LogP contribution in [0.5, 0.6) is 0 Å². The second-order valence-corrected chi connectivity index (χ2v) is 6.38. The van der Waals surface area contributed by atoms with E-state index in [1.165, 1.54) is 11.0 Å². The third-order valence-corrected chi connectivity index (χ3v) is 4.61. The number of aliphatic carboxylic acids is 2. The number of β-lactam (4-membered cyclic amide) rings is 1. The predicted octanol–water partition coefficient (Wildman–Crippen LogP) is 0.0533. The molecule has 0 bridgehead atoms. The van der Waals surface area contributed by atoms with Gasteiger partial charge in [-0.2, -0.15) is 0 Å². The molecular formula is C18H18N2O6. The molecule has 8 nitrogen and oxygen atoms in total. The first-order valence-corrected chi connectivity index (χ1v) is 8.19. The number of nitrogens with zero attached hydrogens (tertiary/aromatic N) is 1. The number of benzene rings is 1. The zero-order valence-corrected chi connectivity index (χ0v) is 13.8. The van der Waals surface area contributed by atoms with E-state index in [0.29, 0.717) is 23.2 Å². The van der Waals surface area contributed by atoms with Crippen molar-refractivity contribution >= 4 is 29.8 Å². The molecule has 26 heavy (non-hydrogen) atoms. The van der Waals surface area contributed by atoms with Gasteiger partial charge in [0.25, 0.3) is 0 Å². The summed E-state index contributed by atoms with van der Waals surface area (Å²) in [6.07, 6.45) is 3.07. The van der Waals surface area contributed by atoms with Crippen LogP contribution < -0.4 is 5.32 Å². The molecule has 2 heterocycles. The summed E-state index contributed by atoms with van der Waals surface area (Å²) in [5, 5.41) is 20.7. The van der Waals surface area contributed by atoms with Gasteiger partial charge in [0.2, 0.25) is 11.8 Å². The maximum absolute atomic E-state index is 12.3. The van der Waals surface area contributed by atoms with Gasteiger partial charge in [0.1, 0.15) is 6.04 Å². The van der Waals surface area contributed by atoms with E-state index < -0.39 is 18.0 Å². The molecule has 3 N–H and O–H groups in total. The average Bonchev–Trinajstić information content (AvgIpc) is 2.90. The fraction of sp³-hybridized carbons (Fsp3) is 0.333. The molecule has 0 aromatic heterocycles. The summed E-state index contributed by atoms with van der Waals surface area (Å²) in [5.41, 5.74) is 1.42. The van der Waals surface area contributed by atoms with Crippen molar-refractivity contribution in [1.82, 2.24) is 10.2 Å². The lowest BCUT2D eigenvalue weighted by Crippen LogP contribution is -2.64. The van der Waals surface area contributed by atoms with Crippen LogP contribution in [-0.2, 0) is 32.0 Å². The molecule has 2 aliphatic rings. The molecular weight excluding hydrogens is 340 g/mol. The molecule has 2 aliphatic heterocycles. The first kappa shape index (κ1) is 17.7. The Balaban J connectivity index is 1.75. The van der Waals surface area contributed by atoms with E-state index in [-0.39, 0.29) is 30.7 Å². The lowest BCUT2D eigenvalue weighted by Gasteiger charge is -2.35. The highest BCUT2D eigenvalue weighted by atomic mass is 16.4. The molecule has 2 saturated heterocycles. The molecule has 0 saturated carbocycles. The highest BCUT2D eigenvalue weighted by Crippen LogP contribution is 2.25. The highest BCUT2D eigenvalue weighted by Gasteiger charge is 2.49. The number of amides is 2. The molecule has 0 spiro atoms. The molecule has 136 valence electrons. The zero-order chi connectivity index (χ0) is 18.8. The molecule has 1 aromatic rings. The monoisotopic (exact) mass is 358 g/mol.